The fourth-order valence-electron chi connectivity index (χ4n) is 8.99. The molecule has 394 valence electrons. The van der Waals surface area contributed by atoms with Crippen molar-refractivity contribution in [3.63, 3.8) is 0 Å². The molecule has 2 aromatic heterocycles. The van der Waals surface area contributed by atoms with Crippen LogP contribution in [-0.2, 0) is 24.0 Å². The van der Waals surface area contributed by atoms with E-state index < -0.39 is 56.1 Å². The normalized spacial score (nSPS) is 17.1. The number of ether oxygens (including phenoxy) is 3. The van der Waals surface area contributed by atoms with Crippen molar-refractivity contribution in [1.82, 2.24) is 34.4 Å². The number of H-pyrrole nitrogens is 1. The molecule has 73 heavy (non-hydrogen) atoms. The van der Waals surface area contributed by atoms with E-state index in [1.807, 2.05) is 112 Å². The Morgan fingerprint density at radius 1 is 0.945 bits per heavy atom. The molecule has 1 aliphatic rings. The van der Waals surface area contributed by atoms with Gasteiger partial charge >= 0.3 is 12.1 Å². The zero-order chi connectivity index (χ0) is 52.9. The number of hydrogen-bond acceptors (Lipinski definition) is 14. The van der Waals surface area contributed by atoms with Gasteiger partial charge in [-0.1, -0.05) is 67.4 Å². The van der Waals surface area contributed by atoms with E-state index in [4.69, 9.17) is 33.2 Å². The highest BCUT2D eigenvalue weighted by Gasteiger charge is 2.54. The molecule has 5 aromatic rings. The first-order valence-corrected chi connectivity index (χ1v) is 25.3. The summed E-state index contributed by atoms with van der Waals surface area (Å²) in [5.74, 6) is -0.546. The first-order chi connectivity index (χ1) is 34.9. The number of nitrogens with one attached hydrogen (secondary N) is 3. The van der Waals surface area contributed by atoms with Crippen molar-refractivity contribution in [3.05, 3.63) is 106 Å². The Labute approximate surface area is 424 Å². The molecule has 3 aromatic carbocycles. The molecule has 0 aliphatic carbocycles. The summed E-state index contributed by atoms with van der Waals surface area (Å²) in [6, 6.07) is 26.6. The molecule has 0 radical (unpaired) electrons. The lowest BCUT2D eigenvalue weighted by molar-refractivity contribution is -0.173. The van der Waals surface area contributed by atoms with E-state index in [0.29, 0.717) is 54.9 Å². The standard InChI is InChI=1S/C51H66F3N10O8P/c1-33(2)64(34(3)4)73(70-30-16-27-55)72-40-31-41(63-45-42(46(66)61-48(60-45)58-32-62(5)6)59-49(63)57-29-15-10-9-14-28-56-47(67)51(52,53)54)71-43(40)44(65)50(35-17-12-11-13-18-35,36-19-23-38(68-7)24-20-36)37-21-25-39(69-8)26-22-37/h11-13,17-26,32-34,40-41,43-44,65H,9-10,14-16,28-31H2,1-8H3,(H,56,67)(H,57,59)(H,60,61,66)/t40-,41+,43-,44?,73?/m0/s1. The number of nitrogens with zero attached hydrogens (tertiary/aromatic N) is 7. The van der Waals surface area contributed by atoms with Gasteiger partial charge in [-0.3, -0.25) is 19.1 Å². The van der Waals surface area contributed by atoms with Gasteiger partial charge in [0.2, 0.25) is 11.9 Å². The monoisotopic (exact) mass is 1030 g/mol. The Morgan fingerprint density at radius 3 is 2.08 bits per heavy atom. The van der Waals surface area contributed by atoms with Crippen LogP contribution in [0.3, 0.4) is 0 Å². The van der Waals surface area contributed by atoms with Gasteiger partial charge in [0.25, 0.3) is 14.1 Å². The molecule has 1 fully saturated rings. The number of fused-ring (bicyclic) bond motifs is 1. The fourth-order valence-corrected chi connectivity index (χ4v) is 10.7. The summed E-state index contributed by atoms with van der Waals surface area (Å²) < 4.78 is 74.0. The second kappa shape index (κ2) is 25.7. The van der Waals surface area contributed by atoms with Crippen LogP contribution in [0.5, 0.6) is 11.5 Å². The minimum Gasteiger partial charge on any atom is -0.497 e. The van der Waals surface area contributed by atoms with Crippen molar-refractivity contribution in [2.75, 3.05) is 53.3 Å². The van der Waals surface area contributed by atoms with Gasteiger partial charge in [-0.2, -0.15) is 23.4 Å². The number of nitriles is 1. The fraction of sp³-hybridized carbons (Fsp3) is 0.490. The maximum atomic E-state index is 13.9. The van der Waals surface area contributed by atoms with Crippen molar-refractivity contribution < 1.29 is 46.3 Å². The number of imidazole rings is 1. The number of aliphatic hydroxyl groups excluding tert-OH is 1. The van der Waals surface area contributed by atoms with Gasteiger partial charge in [0.15, 0.2) is 11.2 Å². The van der Waals surface area contributed by atoms with Gasteiger partial charge in [0.05, 0.1) is 51.2 Å². The number of alkyl halides is 3. The minimum absolute atomic E-state index is 0.0000704. The predicted molar refractivity (Wildman–Crippen MR) is 273 cm³/mol. The zero-order valence-electron chi connectivity index (χ0n) is 42.4. The van der Waals surface area contributed by atoms with Crippen LogP contribution in [0.2, 0.25) is 0 Å². The van der Waals surface area contributed by atoms with Gasteiger partial charge in [-0.05, 0) is 81.5 Å². The van der Waals surface area contributed by atoms with Crippen LogP contribution in [0.1, 0.15) is 89.1 Å². The Kier molecular flexibility index (Phi) is 19.8. The van der Waals surface area contributed by atoms with Crippen LogP contribution < -0.4 is 25.7 Å². The molecule has 1 aliphatic heterocycles. The van der Waals surface area contributed by atoms with Gasteiger partial charge in [0.1, 0.15) is 29.9 Å². The lowest BCUT2D eigenvalue weighted by atomic mass is 9.64. The topological polar surface area (TPSA) is 214 Å². The first kappa shape index (κ1) is 56.2. The maximum absolute atomic E-state index is 13.9. The summed E-state index contributed by atoms with van der Waals surface area (Å²) in [6.07, 6.45) is -5.78. The van der Waals surface area contributed by atoms with Gasteiger partial charge in [-0.25, -0.2) is 14.6 Å². The van der Waals surface area contributed by atoms with Crippen LogP contribution in [0.15, 0.2) is 88.6 Å². The van der Waals surface area contributed by atoms with Crippen LogP contribution >= 0.6 is 8.53 Å². The van der Waals surface area contributed by atoms with E-state index >= 15 is 0 Å². The Balaban J connectivity index is 1.50. The van der Waals surface area contributed by atoms with Crippen molar-refractivity contribution in [2.24, 2.45) is 4.99 Å². The number of aliphatic hydroxyl groups is 1. The van der Waals surface area contributed by atoms with E-state index in [0.717, 1.165) is 5.56 Å². The Bertz CT molecular complexity index is 2630. The molecule has 1 amide bonds. The molecule has 2 unspecified atom stereocenters. The molecule has 18 nitrogen and oxygen atoms in total. The maximum Gasteiger partial charge on any atom is 0.471 e. The summed E-state index contributed by atoms with van der Waals surface area (Å²) in [4.78, 5) is 43.5. The van der Waals surface area contributed by atoms with E-state index in [-0.39, 0.29) is 61.1 Å². The summed E-state index contributed by atoms with van der Waals surface area (Å²) >= 11 is 0. The summed E-state index contributed by atoms with van der Waals surface area (Å²) in [7, 11) is 4.80. The SMILES string of the molecule is COc1ccc(C(c2ccccc2)(c2ccc(OC)cc2)C(O)[C@H]2O[C@@H](n3c(NCCCCCCNC(=O)C(F)(F)F)nc4c(=O)[nH]c(N=CN(C)C)nc43)C[C@@H]2OP(OCCC#N)N(C(C)C)C(C)C)cc1. The molecule has 1 saturated heterocycles. The molecule has 0 bridgehead atoms. The minimum atomic E-state index is -4.95. The van der Waals surface area contributed by atoms with E-state index in [1.165, 1.54) is 6.34 Å². The number of carbonyl (C=O) groups excluding carboxylic acids is 1. The zero-order valence-corrected chi connectivity index (χ0v) is 43.3. The van der Waals surface area contributed by atoms with Crippen molar-refractivity contribution in [3.8, 4) is 17.6 Å². The van der Waals surface area contributed by atoms with Gasteiger partial charge < -0.3 is 43.9 Å². The van der Waals surface area contributed by atoms with Crippen molar-refractivity contribution in [1.29, 1.82) is 5.26 Å². The van der Waals surface area contributed by atoms with Crippen LogP contribution in [0.4, 0.5) is 25.1 Å². The average Bonchev–Trinajstić information content (AvgIpc) is 3.95. The van der Waals surface area contributed by atoms with Gasteiger partial charge in [-0.15, -0.1) is 0 Å². The number of aliphatic imine (C=N–C) groups is 1. The highest BCUT2D eigenvalue weighted by molar-refractivity contribution is 7.44. The third-order valence-corrected chi connectivity index (χ3v) is 14.4. The molecular weight excluding hydrogens is 969 g/mol. The van der Waals surface area contributed by atoms with Gasteiger partial charge in [0, 0.05) is 45.7 Å². The Morgan fingerprint density at radius 2 is 1.53 bits per heavy atom. The Hall–Kier alpha value is -6.14. The summed E-state index contributed by atoms with van der Waals surface area (Å²) in [6.45, 7) is 8.40. The lowest BCUT2D eigenvalue weighted by Gasteiger charge is -2.44. The third-order valence-electron chi connectivity index (χ3n) is 12.2. The molecule has 4 N–H and O–H groups in total. The van der Waals surface area contributed by atoms with Crippen LogP contribution in [0, 0.1) is 11.3 Å². The van der Waals surface area contributed by atoms with Crippen molar-refractivity contribution >= 4 is 43.8 Å². The number of halogens is 3. The number of carbonyl (C=O) groups is 1. The van der Waals surface area contributed by atoms with Crippen molar-refractivity contribution in [2.45, 2.75) is 114 Å². The second-order valence-electron chi connectivity index (χ2n) is 18.2. The number of methoxy groups -OCH3 is 2. The van der Waals surface area contributed by atoms with E-state index in [2.05, 4.69) is 26.0 Å². The van der Waals surface area contributed by atoms with E-state index in [1.54, 1.807) is 37.8 Å². The second-order valence-corrected chi connectivity index (χ2v) is 19.6. The van der Waals surface area contributed by atoms with Crippen LogP contribution in [0.25, 0.3) is 11.2 Å². The average molecular weight is 1040 g/mol. The highest BCUT2D eigenvalue weighted by atomic mass is 31.2. The number of amides is 1. The molecule has 3 heterocycles. The molecule has 6 rings (SSSR count). The number of unbranched alkanes of at least 4 members (excludes halogenated alkanes) is 3. The largest absolute Gasteiger partial charge is 0.497 e. The quantitative estimate of drug-likeness (QED) is 0.0135. The molecule has 22 heteroatoms. The smallest absolute Gasteiger partial charge is 0.471 e. The molecule has 0 saturated carbocycles. The summed E-state index contributed by atoms with van der Waals surface area (Å²) in [5.41, 5.74) is 0.332. The molecular formula is C51H66F3N10O8P. The number of benzene rings is 3. The number of aromatic amines is 1. The molecule has 5 atom stereocenters. The summed E-state index contributed by atoms with van der Waals surface area (Å²) in [5, 5.41) is 28.6. The third kappa shape index (κ3) is 13.5. The van der Waals surface area contributed by atoms with E-state index in [9.17, 15) is 33.1 Å². The number of hydrogen-bond donors (Lipinski definition) is 4. The predicted octanol–water partition coefficient (Wildman–Crippen LogP) is 8.35. The number of rotatable bonds is 26. The van der Waals surface area contributed by atoms with Crippen LogP contribution in [-0.4, -0.2) is 131 Å². The number of anilines is 1. The number of aromatic nitrogens is 4. The first-order valence-electron chi connectivity index (χ1n) is 24.2. The highest BCUT2D eigenvalue weighted by Crippen LogP contribution is 2.53. The lowest BCUT2D eigenvalue weighted by Crippen LogP contribution is -2.52. The molecule has 0 spiro atoms.